The van der Waals surface area contributed by atoms with E-state index >= 15 is 0 Å². The second-order valence-corrected chi connectivity index (χ2v) is 8.30. The third-order valence-corrected chi connectivity index (χ3v) is 6.38. The average Bonchev–Trinajstić information content (AvgIpc) is 3.59. The van der Waals surface area contributed by atoms with Gasteiger partial charge < -0.3 is 24.5 Å². The summed E-state index contributed by atoms with van der Waals surface area (Å²) in [5, 5.41) is 11.9. The van der Waals surface area contributed by atoms with Gasteiger partial charge in [-0.15, -0.1) is 0 Å². The number of likely N-dealkylation sites (tertiary alicyclic amines) is 1. The number of rotatable bonds is 6. The van der Waals surface area contributed by atoms with Gasteiger partial charge in [-0.25, -0.2) is 14.6 Å². The summed E-state index contributed by atoms with van der Waals surface area (Å²) in [6.07, 6.45) is 1.45. The van der Waals surface area contributed by atoms with Crippen LogP contribution in [0.5, 0.6) is 0 Å². The molecule has 3 aromatic rings. The number of alkyl carbamates (subject to hydrolysis) is 1. The van der Waals surface area contributed by atoms with E-state index in [1.54, 1.807) is 0 Å². The first-order valence-electron chi connectivity index (χ1n) is 11.1. The highest BCUT2D eigenvalue weighted by Gasteiger charge is 2.36. The molecule has 0 bridgehead atoms. The van der Waals surface area contributed by atoms with E-state index < -0.39 is 24.0 Å². The van der Waals surface area contributed by atoms with Gasteiger partial charge >= 0.3 is 12.1 Å². The standard InChI is InChI=1S/C25H23N3O6/c29-23(28-11-5-10-20(28)24(30)31)22-21(34-14-27-22)12-26-25(32)33-13-19-17-8-3-1-6-15(17)16-7-2-4-9-18(16)19/h1-4,6-9,14,19-20H,5,10-13H2,(H,26,32)(H,30,31)/t20-/m1/s1. The van der Waals surface area contributed by atoms with Crippen molar-refractivity contribution in [2.75, 3.05) is 13.2 Å². The summed E-state index contributed by atoms with van der Waals surface area (Å²) in [6.45, 7) is 0.390. The number of nitrogens with one attached hydrogen (secondary N) is 1. The lowest BCUT2D eigenvalue weighted by Gasteiger charge is -2.20. The van der Waals surface area contributed by atoms with Crippen molar-refractivity contribution in [3.8, 4) is 11.1 Å². The largest absolute Gasteiger partial charge is 0.480 e. The highest BCUT2D eigenvalue weighted by Crippen LogP contribution is 2.44. The number of carbonyl (C=O) groups is 3. The lowest BCUT2D eigenvalue weighted by atomic mass is 9.98. The molecule has 2 N–H and O–H groups in total. The quantitative estimate of drug-likeness (QED) is 0.577. The number of oxazole rings is 1. The Bertz CT molecular complexity index is 1210. The van der Waals surface area contributed by atoms with E-state index in [1.165, 1.54) is 4.90 Å². The maximum atomic E-state index is 12.8. The van der Waals surface area contributed by atoms with Crippen LogP contribution in [0.3, 0.4) is 0 Å². The molecule has 1 aliphatic heterocycles. The van der Waals surface area contributed by atoms with Gasteiger partial charge in [-0.05, 0) is 35.1 Å². The highest BCUT2D eigenvalue weighted by atomic mass is 16.5. The van der Waals surface area contributed by atoms with E-state index in [1.807, 2.05) is 36.4 Å². The number of hydrogen-bond donors (Lipinski definition) is 2. The topological polar surface area (TPSA) is 122 Å². The molecule has 0 saturated carbocycles. The number of aliphatic carboxylic acids is 1. The fourth-order valence-electron chi connectivity index (χ4n) is 4.77. The molecule has 0 unspecified atom stereocenters. The van der Waals surface area contributed by atoms with Crippen molar-refractivity contribution in [3.05, 3.63) is 77.5 Å². The van der Waals surface area contributed by atoms with Crippen molar-refractivity contribution in [1.82, 2.24) is 15.2 Å². The smallest absolute Gasteiger partial charge is 0.407 e. The molecular weight excluding hydrogens is 438 g/mol. The van der Waals surface area contributed by atoms with Gasteiger partial charge in [0.1, 0.15) is 12.6 Å². The van der Waals surface area contributed by atoms with Gasteiger partial charge in [-0.3, -0.25) is 4.79 Å². The van der Waals surface area contributed by atoms with Crippen LogP contribution < -0.4 is 5.32 Å². The molecule has 5 rings (SSSR count). The van der Waals surface area contributed by atoms with Gasteiger partial charge in [0.25, 0.3) is 5.91 Å². The number of hydrogen-bond acceptors (Lipinski definition) is 6. The lowest BCUT2D eigenvalue weighted by molar-refractivity contribution is -0.141. The number of carboxylic acid groups (broad SMARTS) is 1. The molecule has 1 fully saturated rings. The van der Waals surface area contributed by atoms with Gasteiger partial charge in [0, 0.05) is 12.5 Å². The first kappa shape index (κ1) is 21.7. The summed E-state index contributed by atoms with van der Waals surface area (Å²) < 4.78 is 10.8. The van der Waals surface area contributed by atoms with Crippen LogP contribution in [0.1, 0.15) is 46.1 Å². The molecule has 9 heteroatoms. The number of benzene rings is 2. The Morgan fingerprint density at radius 3 is 2.44 bits per heavy atom. The molecule has 1 atom stereocenters. The molecule has 0 spiro atoms. The Labute approximate surface area is 195 Å². The first-order valence-corrected chi connectivity index (χ1v) is 11.1. The Hall–Kier alpha value is -4.14. The second-order valence-electron chi connectivity index (χ2n) is 8.30. The number of fused-ring (bicyclic) bond motifs is 3. The number of nitrogens with zero attached hydrogens (tertiary/aromatic N) is 2. The maximum Gasteiger partial charge on any atom is 0.407 e. The van der Waals surface area contributed by atoms with Crippen molar-refractivity contribution < 1.29 is 28.6 Å². The molecular formula is C25H23N3O6. The molecule has 1 saturated heterocycles. The van der Waals surface area contributed by atoms with Crippen LogP contribution in [0.2, 0.25) is 0 Å². The average molecular weight is 461 g/mol. The molecule has 1 aromatic heterocycles. The van der Waals surface area contributed by atoms with Gasteiger partial charge in [0.15, 0.2) is 17.8 Å². The molecule has 2 heterocycles. The Morgan fingerprint density at radius 1 is 1.09 bits per heavy atom. The van der Waals surface area contributed by atoms with E-state index in [0.29, 0.717) is 19.4 Å². The minimum atomic E-state index is -1.05. The summed E-state index contributed by atoms with van der Waals surface area (Å²) >= 11 is 0. The summed E-state index contributed by atoms with van der Waals surface area (Å²) in [7, 11) is 0. The molecule has 34 heavy (non-hydrogen) atoms. The van der Waals surface area contributed by atoms with Gasteiger partial charge in [-0.2, -0.15) is 0 Å². The van der Waals surface area contributed by atoms with Crippen molar-refractivity contribution >= 4 is 18.0 Å². The van der Waals surface area contributed by atoms with Gasteiger partial charge in [0.2, 0.25) is 0 Å². The van der Waals surface area contributed by atoms with Crippen LogP contribution in [0.25, 0.3) is 11.1 Å². The monoisotopic (exact) mass is 461 g/mol. The Morgan fingerprint density at radius 2 is 1.76 bits per heavy atom. The normalized spacial score (nSPS) is 16.7. The lowest BCUT2D eigenvalue weighted by Crippen LogP contribution is -2.41. The van der Waals surface area contributed by atoms with Crippen molar-refractivity contribution in [2.24, 2.45) is 0 Å². The molecule has 1 aliphatic carbocycles. The fraction of sp³-hybridized carbons (Fsp3) is 0.280. The first-order chi connectivity index (χ1) is 16.5. The van der Waals surface area contributed by atoms with Crippen LogP contribution in [0, 0.1) is 0 Å². The predicted octanol–water partition coefficient (Wildman–Crippen LogP) is 3.40. The minimum absolute atomic E-state index is 0.00732. The summed E-state index contributed by atoms with van der Waals surface area (Å²) in [6, 6.07) is 15.2. The number of ether oxygens (including phenoxy) is 1. The van der Waals surface area contributed by atoms with E-state index in [9.17, 15) is 19.5 Å². The molecule has 2 aromatic carbocycles. The van der Waals surface area contributed by atoms with Crippen LogP contribution >= 0.6 is 0 Å². The number of carbonyl (C=O) groups excluding carboxylic acids is 2. The van der Waals surface area contributed by atoms with Gasteiger partial charge in [-0.1, -0.05) is 48.5 Å². The minimum Gasteiger partial charge on any atom is -0.480 e. The molecule has 2 amide bonds. The number of amides is 2. The summed E-state index contributed by atoms with van der Waals surface area (Å²) in [5.74, 6) is -1.49. The fourth-order valence-corrected chi connectivity index (χ4v) is 4.77. The SMILES string of the molecule is O=C(NCc1ocnc1C(=O)N1CCC[C@@H]1C(=O)O)OCC1c2ccccc2-c2ccccc21. The number of aromatic nitrogens is 1. The molecule has 2 aliphatic rings. The van der Waals surface area contributed by atoms with Crippen LogP contribution in [-0.2, 0) is 16.1 Å². The van der Waals surface area contributed by atoms with E-state index in [0.717, 1.165) is 28.6 Å². The van der Waals surface area contributed by atoms with Gasteiger partial charge in [0.05, 0.1) is 6.54 Å². The van der Waals surface area contributed by atoms with Crippen molar-refractivity contribution in [1.29, 1.82) is 0 Å². The predicted molar refractivity (Wildman–Crippen MR) is 120 cm³/mol. The second kappa shape index (κ2) is 9.01. The molecule has 0 radical (unpaired) electrons. The number of carboxylic acids is 1. The van der Waals surface area contributed by atoms with Crippen molar-refractivity contribution in [3.63, 3.8) is 0 Å². The third-order valence-electron chi connectivity index (χ3n) is 6.38. The zero-order chi connectivity index (χ0) is 23.7. The maximum absolute atomic E-state index is 12.8. The Balaban J connectivity index is 1.21. The van der Waals surface area contributed by atoms with E-state index in [-0.39, 0.29) is 30.5 Å². The highest BCUT2D eigenvalue weighted by molar-refractivity contribution is 5.96. The van der Waals surface area contributed by atoms with Crippen LogP contribution in [0.4, 0.5) is 4.79 Å². The molecule has 9 nitrogen and oxygen atoms in total. The summed E-state index contributed by atoms with van der Waals surface area (Å²) in [4.78, 5) is 41.9. The third kappa shape index (κ3) is 3.89. The summed E-state index contributed by atoms with van der Waals surface area (Å²) in [5.41, 5.74) is 4.49. The molecule has 174 valence electrons. The van der Waals surface area contributed by atoms with Crippen LogP contribution in [-0.4, -0.2) is 52.2 Å². The zero-order valence-corrected chi connectivity index (χ0v) is 18.3. The van der Waals surface area contributed by atoms with E-state index in [4.69, 9.17) is 9.15 Å². The van der Waals surface area contributed by atoms with E-state index in [2.05, 4.69) is 22.4 Å². The van der Waals surface area contributed by atoms with Crippen LogP contribution in [0.15, 0.2) is 59.3 Å². The van der Waals surface area contributed by atoms with Crippen molar-refractivity contribution in [2.45, 2.75) is 31.3 Å². The Kier molecular flexibility index (Phi) is 5.75. The zero-order valence-electron chi connectivity index (χ0n) is 18.3.